The second-order valence-corrected chi connectivity index (χ2v) is 7.76. The molecule has 0 spiro atoms. The van der Waals surface area contributed by atoms with Crippen molar-refractivity contribution >= 4 is 11.9 Å². The summed E-state index contributed by atoms with van der Waals surface area (Å²) in [4.78, 5) is 24.9. The van der Waals surface area contributed by atoms with Crippen molar-refractivity contribution in [3.8, 4) is 11.5 Å². The van der Waals surface area contributed by atoms with E-state index in [1.807, 2.05) is 25.1 Å². The summed E-state index contributed by atoms with van der Waals surface area (Å²) in [6.45, 7) is 3.25. The standard InChI is InChI=1S/C24H29NO6/c1-17-5-3-6-18(15-17)9-13-31-21-16-19(7-8-20(21)29-2)22(26)25-24(23(27)28)10-4-12-30-14-11-24/h3,5-8,15-16H,4,9-14H2,1-2H3,(H,25,26)(H,27,28). The average Bonchev–Trinajstić information content (AvgIpc) is 3.00. The number of carboxylic acids is 1. The molecule has 0 bridgehead atoms. The minimum absolute atomic E-state index is 0.226. The number of nitrogens with one attached hydrogen (secondary N) is 1. The van der Waals surface area contributed by atoms with Crippen molar-refractivity contribution in [2.24, 2.45) is 0 Å². The van der Waals surface area contributed by atoms with E-state index in [1.54, 1.807) is 18.2 Å². The van der Waals surface area contributed by atoms with Crippen molar-refractivity contribution in [1.82, 2.24) is 5.32 Å². The Morgan fingerprint density at radius 3 is 2.71 bits per heavy atom. The average molecular weight is 427 g/mol. The molecule has 1 heterocycles. The second kappa shape index (κ2) is 10.3. The number of carboxylic acid groups (broad SMARTS) is 1. The van der Waals surface area contributed by atoms with Crippen LogP contribution in [-0.4, -0.2) is 49.5 Å². The van der Waals surface area contributed by atoms with Gasteiger partial charge in [0.2, 0.25) is 0 Å². The largest absolute Gasteiger partial charge is 0.493 e. The highest BCUT2D eigenvalue weighted by atomic mass is 16.5. The van der Waals surface area contributed by atoms with Crippen molar-refractivity contribution in [1.29, 1.82) is 0 Å². The van der Waals surface area contributed by atoms with E-state index in [4.69, 9.17) is 14.2 Å². The normalized spacial score (nSPS) is 18.6. The number of hydrogen-bond donors (Lipinski definition) is 2. The molecule has 1 unspecified atom stereocenters. The molecule has 0 radical (unpaired) electrons. The number of benzene rings is 2. The summed E-state index contributed by atoms with van der Waals surface area (Å²) in [5, 5.41) is 12.5. The van der Waals surface area contributed by atoms with Crippen molar-refractivity contribution in [3.63, 3.8) is 0 Å². The Morgan fingerprint density at radius 2 is 1.97 bits per heavy atom. The number of aliphatic carboxylic acids is 1. The Labute approximate surface area is 182 Å². The summed E-state index contributed by atoms with van der Waals surface area (Å²) in [7, 11) is 1.54. The highest BCUT2D eigenvalue weighted by Gasteiger charge is 2.40. The first-order valence-corrected chi connectivity index (χ1v) is 10.4. The third-order valence-corrected chi connectivity index (χ3v) is 5.48. The summed E-state index contributed by atoms with van der Waals surface area (Å²) in [6, 6.07) is 13.0. The Kier molecular flexibility index (Phi) is 7.52. The molecule has 31 heavy (non-hydrogen) atoms. The molecule has 0 saturated carbocycles. The summed E-state index contributed by atoms with van der Waals surface area (Å²) < 4.78 is 16.6. The van der Waals surface area contributed by atoms with Crippen LogP contribution in [0.2, 0.25) is 0 Å². The van der Waals surface area contributed by atoms with Gasteiger partial charge in [-0.15, -0.1) is 0 Å². The van der Waals surface area contributed by atoms with E-state index in [1.165, 1.54) is 12.7 Å². The van der Waals surface area contributed by atoms with Gasteiger partial charge in [-0.3, -0.25) is 4.79 Å². The molecule has 2 aromatic rings. The lowest BCUT2D eigenvalue weighted by Crippen LogP contribution is -2.54. The van der Waals surface area contributed by atoms with Gasteiger partial charge < -0.3 is 24.6 Å². The maximum atomic E-state index is 12.9. The van der Waals surface area contributed by atoms with Crippen LogP contribution in [0.5, 0.6) is 11.5 Å². The third kappa shape index (κ3) is 5.76. The second-order valence-electron chi connectivity index (χ2n) is 7.76. The molecular weight excluding hydrogens is 398 g/mol. The van der Waals surface area contributed by atoms with Gasteiger partial charge in [0.25, 0.3) is 5.91 Å². The number of ether oxygens (including phenoxy) is 3. The molecule has 2 aromatic carbocycles. The van der Waals surface area contributed by atoms with Crippen molar-refractivity contribution < 1.29 is 28.9 Å². The van der Waals surface area contributed by atoms with E-state index in [-0.39, 0.29) is 6.42 Å². The van der Waals surface area contributed by atoms with Crippen molar-refractivity contribution in [3.05, 3.63) is 59.2 Å². The topological polar surface area (TPSA) is 94.1 Å². The zero-order valence-electron chi connectivity index (χ0n) is 18.0. The predicted molar refractivity (Wildman–Crippen MR) is 116 cm³/mol. The Hall–Kier alpha value is -3.06. The van der Waals surface area contributed by atoms with Crippen molar-refractivity contribution in [2.75, 3.05) is 26.9 Å². The molecule has 1 aliphatic rings. The molecule has 0 aliphatic carbocycles. The highest BCUT2D eigenvalue weighted by molar-refractivity contribution is 5.98. The van der Waals surface area contributed by atoms with E-state index in [9.17, 15) is 14.7 Å². The van der Waals surface area contributed by atoms with Crippen LogP contribution < -0.4 is 14.8 Å². The van der Waals surface area contributed by atoms with Gasteiger partial charge >= 0.3 is 5.97 Å². The zero-order chi connectivity index (χ0) is 22.3. The molecule has 7 heteroatoms. The Bertz CT molecular complexity index is 918. The minimum atomic E-state index is -1.33. The fourth-order valence-corrected chi connectivity index (χ4v) is 3.71. The van der Waals surface area contributed by atoms with Crippen LogP contribution in [0.3, 0.4) is 0 Å². The first kappa shape index (κ1) is 22.6. The summed E-state index contributed by atoms with van der Waals surface area (Å²) in [5.74, 6) is -0.557. The fourth-order valence-electron chi connectivity index (χ4n) is 3.71. The number of carbonyl (C=O) groups is 2. The number of aryl methyl sites for hydroxylation is 1. The van der Waals surface area contributed by atoms with E-state index < -0.39 is 17.4 Å². The Balaban J connectivity index is 1.72. The SMILES string of the molecule is COc1ccc(C(=O)NC2(C(=O)O)CCCOCC2)cc1OCCc1cccc(C)c1. The molecule has 1 saturated heterocycles. The molecule has 2 N–H and O–H groups in total. The lowest BCUT2D eigenvalue weighted by molar-refractivity contribution is -0.145. The number of rotatable bonds is 8. The number of amides is 1. The molecule has 1 atom stereocenters. The van der Waals surface area contributed by atoms with Crippen LogP contribution in [0.1, 0.15) is 40.7 Å². The van der Waals surface area contributed by atoms with Crippen LogP contribution >= 0.6 is 0 Å². The van der Waals surface area contributed by atoms with Gasteiger partial charge in [0.15, 0.2) is 11.5 Å². The molecule has 7 nitrogen and oxygen atoms in total. The zero-order valence-corrected chi connectivity index (χ0v) is 18.0. The lowest BCUT2D eigenvalue weighted by Gasteiger charge is -2.28. The quantitative estimate of drug-likeness (QED) is 0.671. The smallest absolute Gasteiger partial charge is 0.329 e. The highest BCUT2D eigenvalue weighted by Crippen LogP contribution is 2.29. The first-order chi connectivity index (χ1) is 14.9. The maximum absolute atomic E-state index is 12.9. The van der Waals surface area contributed by atoms with Crippen LogP contribution in [0.15, 0.2) is 42.5 Å². The summed E-state index contributed by atoms with van der Waals surface area (Å²) in [5.41, 5.74) is 1.33. The van der Waals surface area contributed by atoms with E-state index in [2.05, 4.69) is 11.4 Å². The minimum Gasteiger partial charge on any atom is -0.493 e. The summed E-state index contributed by atoms with van der Waals surface area (Å²) in [6.07, 6.45) is 1.83. The van der Waals surface area contributed by atoms with E-state index in [0.29, 0.717) is 56.1 Å². The Morgan fingerprint density at radius 1 is 1.13 bits per heavy atom. The van der Waals surface area contributed by atoms with E-state index in [0.717, 1.165) is 5.56 Å². The van der Waals surface area contributed by atoms with E-state index >= 15 is 0 Å². The molecular formula is C24H29NO6. The van der Waals surface area contributed by atoms with Crippen LogP contribution in [0.4, 0.5) is 0 Å². The number of methoxy groups -OCH3 is 1. The molecule has 0 aromatic heterocycles. The molecule has 3 rings (SSSR count). The van der Waals surface area contributed by atoms with Crippen LogP contribution in [0, 0.1) is 6.92 Å². The molecule has 1 aliphatic heterocycles. The van der Waals surface area contributed by atoms with Gasteiger partial charge in [0.1, 0.15) is 5.54 Å². The van der Waals surface area contributed by atoms with Gasteiger partial charge in [-0.1, -0.05) is 29.8 Å². The first-order valence-electron chi connectivity index (χ1n) is 10.4. The number of hydrogen-bond acceptors (Lipinski definition) is 5. The molecule has 1 fully saturated rings. The van der Waals surface area contributed by atoms with Crippen LogP contribution in [0.25, 0.3) is 0 Å². The third-order valence-electron chi connectivity index (χ3n) is 5.48. The van der Waals surface area contributed by atoms with Gasteiger partial charge in [-0.2, -0.15) is 0 Å². The molecule has 1 amide bonds. The van der Waals surface area contributed by atoms with Gasteiger partial charge in [0, 0.05) is 31.6 Å². The van der Waals surface area contributed by atoms with Gasteiger partial charge in [-0.25, -0.2) is 4.79 Å². The van der Waals surface area contributed by atoms with Gasteiger partial charge in [0.05, 0.1) is 13.7 Å². The summed E-state index contributed by atoms with van der Waals surface area (Å²) >= 11 is 0. The van der Waals surface area contributed by atoms with Crippen molar-refractivity contribution in [2.45, 2.75) is 38.1 Å². The molecule has 166 valence electrons. The van der Waals surface area contributed by atoms with Gasteiger partial charge in [-0.05, 0) is 43.5 Å². The monoisotopic (exact) mass is 427 g/mol. The van der Waals surface area contributed by atoms with Crippen LogP contribution in [-0.2, 0) is 16.0 Å². The fraction of sp³-hybridized carbons (Fsp3) is 0.417. The lowest BCUT2D eigenvalue weighted by atomic mass is 9.90. The predicted octanol–water partition coefficient (Wildman–Crippen LogP) is 3.38. The number of carbonyl (C=O) groups excluding carboxylic acids is 1. The maximum Gasteiger partial charge on any atom is 0.329 e.